The number of ketones is 1. The molecule has 1 atom stereocenters. The second-order valence-corrected chi connectivity index (χ2v) is 13.2. The molecule has 7 rings (SSSR count). The third-order valence-electron chi connectivity index (χ3n) is 9.77. The van der Waals surface area contributed by atoms with E-state index in [0.717, 1.165) is 29.7 Å². The second-order valence-electron chi connectivity index (χ2n) is 12.4. The van der Waals surface area contributed by atoms with E-state index in [-0.39, 0.29) is 11.7 Å². The lowest BCUT2D eigenvalue weighted by Crippen LogP contribution is -2.63. The zero-order chi connectivity index (χ0) is 28.6. The van der Waals surface area contributed by atoms with Crippen molar-refractivity contribution in [3.05, 3.63) is 123 Å². The van der Waals surface area contributed by atoms with Gasteiger partial charge in [0.2, 0.25) is 5.78 Å². The van der Waals surface area contributed by atoms with Crippen LogP contribution in [-0.4, -0.2) is 46.0 Å². The van der Waals surface area contributed by atoms with Crippen LogP contribution in [-0.2, 0) is 12.0 Å². The predicted octanol–water partition coefficient (Wildman–Crippen LogP) is 8.16. The second kappa shape index (κ2) is 11.4. The molecule has 0 saturated carbocycles. The number of imidazole rings is 1. The van der Waals surface area contributed by atoms with Crippen molar-refractivity contribution in [1.29, 1.82) is 0 Å². The Balaban J connectivity index is 1.23. The van der Waals surface area contributed by atoms with Crippen LogP contribution in [0.2, 0.25) is 10.0 Å². The number of aromatic nitrogens is 2. The van der Waals surface area contributed by atoms with Gasteiger partial charge in [-0.2, -0.15) is 0 Å². The number of hydrogen-bond donors (Lipinski definition) is 0. The molecule has 0 aliphatic carbocycles. The summed E-state index contributed by atoms with van der Waals surface area (Å²) in [4.78, 5) is 18.1. The number of nitrogens with zero attached hydrogens (tertiary/aromatic N) is 3. The molecule has 3 aliphatic heterocycles. The third kappa shape index (κ3) is 5.75. The number of fused-ring (bicyclic) bond motifs is 3. The molecule has 212 valence electrons. The lowest BCUT2D eigenvalue weighted by atomic mass is 9.66. The molecule has 3 saturated heterocycles. The number of piperidine rings is 3. The summed E-state index contributed by atoms with van der Waals surface area (Å²) in [7, 11) is 0. The minimum Gasteiger partial charge on any atom is -0.328 e. The van der Waals surface area contributed by atoms with Gasteiger partial charge < -0.3 is 9.05 Å². The van der Waals surface area contributed by atoms with Crippen LogP contribution in [0.25, 0.3) is 0 Å². The highest BCUT2D eigenvalue weighted by Gasteiger charge is 2.49. The van der Waals surface area contributed by atoms with E-state index < -0.39 is 0 Å². The Bertz CT molecular complexity index is 1520. The molecule has 3 fully saturated rings. The maximum Gasteiger partial charge on any atom is 0.228 e. The van der Waals surface area contributed by atoms with Crippen molar-refractivity contribution >= 4 is 29.0 Å². The van der Waals surface area contributed by atoms with Gasteiger partial charge in [0, 0.05) is 61.5 Å². The predicted molar refractivity (Wildman–Crippen MR) is 167 cm³/mol. The Kier molecular flexibility index (Phi) is 7.84. The first-order chi connectivity index (χ1) is 19.8. The van der Waals surface area contributed by atoms with Crippen LogP contribution in [0.3, 0.4) is 0 Å². The highest BCUT2D eigenvalue weighted by molar-refractivity contribution is 6.42. The largest absolute Gasteiger partial charge is 0.328 e. The first kappa shape index (κ1) is 28.2. The molecule has 1 unspecified atom stereocenters. The standard InChI is InChI=1S/C35H38Cl2N3O/c1-25-20-26(2)22-29(21-25)33(41)34-38-14-15-39(34)24-28(27-8-9-31(36)32(37)23-27)10-16-40-17-11-35(12-18-40,13-19-40)30-6-4-3-5-7-30/h3-9,14-15,20-23,28H,10-13,16-19,24H2,1-2H3/q+1. The summed E-state index contributed by atoms with van der Waals surface area (Å²) in [6.07, 6.45) is 8.44. The zero-order valence-corrected chi connectivity index (χ0v) is 25.5. The number of carbonyl (C=O) groups excluding carboxylic acids is 1. The lowest BCUT2D eigenvalue weighted by molar-refractivity contribution is -0.943. The molecule has 0 amide bonds. The number of carbonyl (C=O) groups is 1. The Morgan fingerprint density at radius 3 is 2.27 bits per heavy atom. The maximum absolute atomic E-state index is 13.6. The van der Waals surface area contributed by atoms with Crippen LogP contribution >= 0.6 is 23.2 Å². The highest BCUT2D eigenvalue weighted by Crippen LogP contribution is 2.46. The highest BCUT2D eigenvalue weighted by atomic mass is 35.5. The normalized spacial score (nSPS) is 22.5. The van der Waals surface area contributed by atoms with Crippen LogP contribution in [0.4, 0.5) is 0 Å². The van der Waals surface area contributed by atoms with Gasteiger partial charge in [-0.05, 0) is 49.2 Å². The van der Waals surface area contributed by atoms with Crippen molar-refractivity contribution in [3.63, 3.8) is 0 Å². The van der Waals surface area contributed by atoms with Gasteiger partial charge in [-0.3, -0.25) is 4.79 Å². The van der Waals surface area contributed by atoms with Crippen molar-refractivity contribution in [3.8, 4) is 0 Å². The molecular formula is C35H38Cl2N3O+. The molecule has 2 bridgehead atoms. The summed E-state index contributed by atoms with van der Waals surface area (Å²) in [6, 6.07) is 23.1. The van der Waals surface area contributed by atoms with Crippen LogP contribution in [0.1, 0.15) is 70.0 Å². The van der Waals surface area contributed by atoms with Gasteiger partial charge >= 0.3 is 0 Å². The zero-order valence-electron chi connectivity index (χ0n) is 24.0. The number of quaternary nitrogens is 1. The number of halogens is 2. The maximum atomic E-state index is 13.6. The fourth-order valence-electron chi connectivity index (χ4n) is 7.32. The summed E-state index contributed by atoms with van der Waals surface area (Å²) in [6.45, 7) is 9.51. The minimum absolute atomic E-state index is 0.0409. The Labute approximate surface area is 253 Å². The fourth-order valence-corrected chi connectivity index (χ4v) is 7.63. The van der Waals surface area contributed by atoms with E-state index in [1.165, 1.54) is 48.9 Å². The fraction of sp³-hybridized carbons (Fsp3) is 0.371. The van der Waals surface area contributed by atoms with E-state index in [4.69, 9.17) is 23.2 Å². The summed E-state index contributed by atoms with van der Waals surface area (Å²) < 4.78 is 3.21. The summed E-state index contributed by atoms with van der Waals surface area (Å²) >= 11 is 12.8. The minimum atomic E-state index is -0.0409. The average Bonchev–Trinajstić information content (AvgIpc) is 3.45. The van der Waals surface area contributed by atoms with Gasteiger partial charge in [-0.1, -0.05) is 76.8 Å². The van der Waals surface area contributed by atoms with Gasteiger partial charge in [-0.15, -0.1) is 0 Å². The molecule has 0 N–H and O–H groups in total. The molecule has 1 aromatic heterocycles. The number of benzene rings is 3. The molecule has 4 heterocycles. The van der Waals surface area contributed by atoms with E-state index in [0.29, 0.717) is 33.4 Å². The monoisotopic (exact) mass is 586 g/mol. The van der Waals surface area contributed by atoms with Gasteiger partial charge in [0.1, 0.15) is 0 Å². The smallest absolute Gasteiger partial charge is 0.228 e. The molecule has 4 aromatic rings. The van der Waals surface area contributed by atoms with Crippen LogP contribution < -0.4 is 0 Å². The van der Waals surface area contributed by atoms with E-state index in [9.17, 15) is 4.79 Å². The molecule has 6 heteroatoms. The number of hydrogen-bond acceptors (Lipinski definition) is 2. The third-order valence-corrected chi connectivity index (χ3v) is 10.5. The van der Waals surface area contributed by atoms with Gasteiger partial charge in [0.25, 0.3) is 0 Å². The molecule has 0 spiro atoms. The molecule has 41 heavy (non-hydrogen) atoms. The van der Waals surface area contributed by atoms with Crippen LogP contribution in [0, 0.1) is 13.8 Å². The van der Waals surface area contributed by atoms with Crippen LogP contribution in [0.5, 0.6) is 0 Å². The lowest BCUT2D eigenvalue weighted by Gasteiger charge is -2.55. The molecule has 0 radical (unpaired) electrons. The SMILES string of the molecule is Cc1cc(C)cc(C(=O)c2nccn2CC(CC[N+]23CCC(c4ccccc4)(CC2)CC3)c2ccc(Cl)c(Cl)c2)c1. The molecule has 3 aromatic carbocycles. The van der Waals surface area contributed by atoms with Crippen molar-refractivity contribution < 1.29 is 9.28 Å². The molecular weight excluding hydrogens is 549 g/mol. The van der Waals surface area contributed by atoms with Gasteiger partial charge in [0.05, 0.1) is 36.2 Å². The summed E-state index contributed by atoms with van der Waals surface area (Å²) in [5.74, 6) is 0.622. The van der Waals surface area contributed by atoms with E-state index in [1.807, 2.05) is 48.9 Å². The van der Waals surface area contributed by atoms with Gasteiger partial charge in [0.15, 0.2) is 5.82 Å². The van der Waals surface area contributed by atoms with E-state index in [2.05, 4.69) is 47.4 Å². The van der Waals surface area contributed by atoms with Crippen molar-refractivity contribution in [2.75, 3.05) is 26.2 Å². The van der Waals surface area contributed by atoms with Crippen LogP contribution in [0.15, 0.2) is 79.1 Å². The summed E-state index contributed by atoms with van der Waals surface area (Å²) in [5.41, 5.74) is 5.87. The molecule has 4 nitrogen and oxygen atoms in total. The summed E-state index contributed by atoms with van der Waals surface area (Å²) in [5, 5.41) is 1.13. The van der Waals surface area contributed by atoms with E-state index in [1.54, 1.807) is 6.20 Å². The first-order valence-electron chi connectivity index (χ1n) is 14.8. The number of rotatable bonds is 9. The topological polar surface area (TPSA) is 34.9 Å². The van der Waals surface area contributed by atoms with Gasteiger partial charge in [-0.25, -0.2) is 4.98 Å². The Hall–Kier alpha value is -2.92. The first-order valence-corrected chi connectivity index (χ1v) is 15.5. The Morgan fingerprint density at radius 1 is 0.927 bits per heavy atom. The quantitative estimate of drug-likeness (QED) is 0.146. The van der Waals surface area contributed by atoms with Crippen molar-refractivity contribution in [2.24, 2.45) is 0 Å². The van der Waals surface area contributed by atoms with E-state index >= 15 is 0 Å². The molecule has 3 aliphatic rings. The Morgan fingerprint density at radius 2 is 1.61 bits per heavy atom. The number of aryl methyl sites for hydroxylation is 2. The van der Waals surface area contributed by atoms with Crippen molar-refractivity contribution in [2.45, 2.75) is 57.4 Å². The van der Waals surface area contributed by atoms with Crippen molar-refractivity contribution in [1.82, 2.24) is 9.55 Å². The average molecular weight is 588 g/mol.